The predicted molar refractivity (Wildman–Crippen MR) is 115 cm³/mol. The Kier molecular flexibility index (Phi) is 7.43. The highest BCUT2D eigenvalue weighted by molar-refractivity contribution is 6.21. The van der Waals surface area contributed by atoms with Gasteiger partial charge in [-0.3, -0.25) is 24.1 Å². The highest BCUT2D eigenvalue weighted by Crippen LogP contribution is 2.22. The van der Waals surface area contributed by atoms with Gasteiger partial charge in [-0.05, 0) is 49.7 Å². The van der Waals surface area contributed by atoms with E-state index in [9.17, 15) is 24.3 Å². The fraction of sp³-hybridized carbons (Fsp3) is 0.304. The Labute approximate surface area is 185 Å². The van der Waals surface area contributed by atoms with Crippen LogP contribution in [0.5, 0.6) is 11.5 Å². The third-order valence-electron chi connectivity index (χ3n) is 4.93. The summed E-state index contributed by atoms with van der Waals surface area (Å²) >= 11 is 0. The van der Waals surface area contributed by atoms with Gasteiger partial charge in [0, 0.05) is 26.1 Å². The number of rotatable bonds is 10. The molecule has 1 aliphatic rings. The van der Waals surface area contributed by atoms with Crippen molar-refractivity contribution in [2.75, 3.05) is 19.6 Å². The lowest BCUT2D eigenvalue weighted by molar-refractivity contribution is -0.127. The second-order valence-electron chi connectivity index (χ2n) is 7.31. The number of phenols is 1. The molecular formula is C23H25N3O6. The summed E-state index contributed by atoms with van der Waals surface area (Å²) in [5, 5.41) is 14.6. The standard InChI is InChI=1S/C23H25N3O6/c1-15(32-17-10-8-16(27)9-11-17)21(29)25-13-12-24-20(28)7-4-14-26-22(30)18-5-2-3-6-19(18)23(26)31/h2-3,5-6,8-11,15,27H,4,7,12-14H2,1H3,(H,24,28)(H,25,29). The summed E-state index contributed by atoms with van der Waals surface area (Å²) < 4.78 is 5.48. The van der Waals surface area contributed by atoms with Gasteiger partial charge in [-0.1, -0.05) is 12.1 Å². The monoisotopic (exact) mass is 439 g/mol. The fourth-order valence-electron chi connectivity index (χ4n) is 3.24. The number of nitrogens with zero attached hydrogens (tertiary/aromatic N) is 1. The topological polar surface area (TPSA) is 125 Å². The second kappa shape index (κ2) is 10.4. The summed E-state index contributed by atoms with van der Waals surface area (Å²) in [7, 11) is 0. The number of aromatic hydroxyl groups is 1. The van der Waals surface area contributed by atoms with Crippen molar-refractivity contribution in [1.29, 1.82) is 0 Å². The van der Waals surface area contributed by atoms with Crippen molar-refractivity contribution in [3.05, 3.63) is 59.7 Å². The van der Waals surface area contributed by atoms with Crippen LogP contribution in [0.15, 0.2) is 48.5 Å². The van der Waals surface area contributed by atoms with E-state index in [1.54, 1.807) is 43.3 Å². The molecule has 1 atom stereocenters. The molecule has 4 amide bonds. The maximum absolute atomic E-state index is 12.3. The normalized spacial score (nSPS) is 13.5. The van der Waals surface area contributed by atoms with Crippen LogP contribution in [-0.2, 0) is 9.59 Å². The van der Waals surface area contributed by atoms with E-state index in [1.807, 2.05) is 0 Å². The Morgan fingerprint density at radius 2 is 1.56 bits per heavy atom. The van der Waals surface area contributed by atoms with Crippen molar-refractivity contribution < 1.29 is 29.0 Å². The highest BCUT2D eigenvalue weighted by atomic mass is 16.5. The van der Waals surface area contributed by atoms with Crippen LogP contribution in [0.4, 0.5) is 0 Å². The summed E-state index contributed by atoms with van der Waals surface area (Å²) in [6, 6.07) is 12.7. The van der Waals surface area contributed by atoms with E-state index < -0.39 is 6.10 Å². The van der Waals surface area contributed by atoms with Crippen molar-refractivity contribution in [3.8, 4) is 11.5 Å². The molecule has 0 saturated heterocycles. The van der Waals surface area contributed by atoms with Crippen LogP contribution in [-0.4, -0.2) is 59.4 Å². The minimum absolute atomic E-state index is 0.105. The number of phenolic OH excluding ortho intramolecular Hbond substituents is 1. The van der Waals surface area contributed by atoms with Gasteiger partial charge in [-0.15, -0.1) is 0 Å². The Balaban J connectivity index is 1.30. The smallest absolute Gasteiger partial charge is 0.261 e. The highest BCUT2D eigenvalue weighted by Gasteiger charge is 2.34. The number of carbonyl (C=O) groups is 4. The van der Waals surface area contributed by atoms with E-state index in [4.69, 9.17) is 4.74 Å². The molecule has 2 aromatic carbocycles. The van der Waals surface area contributed by atoms with E-state index in [0.717, 1.165) is 4.90 Å². The Hall–Kier alpha value is -3.88. The Morgan fingerprint density at radius 3 is 2.19 bits per heavy atom. The number of hydrogen-bond acceptors (Lipinski definition) is 6. The molecule has 0 spiro atoms. The molecule has 2 aromatic rings. The first-order chi connectivity index (χ1) is 15.4. The van der Waals surface area contributed by atoms with Gasteiger partial charge in [0.15, 0.2) is 6.10 Å². The lowest BCUT2D eigenvalue weighted by Gasteiger charge is -2.15. The van der Waals surface area contributed by atoms with Gasteiger partial charge in [0.2, 0.25) is 5.91 Å². The number of amides is 4. The van der Waals surface area contributed by atoms with Crippen LogP contribution in [0.25, 0.3) is 0 Å². The number of hydrogen-bond donors (Lipinski definition) is 3. The fourth-order valence-corrected chi connectivity index (χ4v) is 3.24. The van der Waals surface area contributed by atoms with Crippen molar-refractivity contribution in [1.82, 2.24) is 15.5 Å². The number of ether oxygens (including phenoxy) is 1. The average Bonchev–Trinajstić information content (AvgIpc) is 3.03. The molecule has 9 nitrogen and oxygen atoms in total. The van der Waals surface area contributed by atoms with E-state index in [2.05, 4.69) is 10.6 Å². The quantitative estimate of drug-likeness (QED) is 0.380. The van der Waals surface area contributed by atoms with Crippen LogP contribution < -0.4 is 15.4 Å². The van der Waals surface area contributed by atoms with Gasteiger partial charge in [-0.25, -0.2) is 0 Å². The zero-order chi connectivity index (χ0) is 23.1. The molecular weight excluding hydrogens is 414 g/mol. The van der Waals surface area contributed by atoms with Crippen LogP contribution in [0.3, 0.4) is 0 Å². The number of carbonyl (C=O) groups excluding carboxylic acids is 4. The molecule has 0 bridgehead atoms. The molecule has 9 heteroatoms. The first-order valence-electron chi connectivity index (χ1n) is 10.3. The third-order valence-corrected chi connectivity index (χ3v) is 4.93. The van der Waals surface area contributed by atoms with Gasteiger partial charge >= 0.3 is 0 Å². The first-order valence-corrected chi connectivity index (χ1v) is 10.3. The SMILES string of the molecule is CC(Oc1ccc(O)cc1)C(=O)NCCNC(=O)CCCN1C(=O)c2ccccc2C1=O. The Bertz CT molecular complexity index is 970. The molecule has 3 rings (SSSR count). The van der Waals surface area contributed by atoms with Gasteiger partial charge in [0.05, 0.1) is 11.1 Å². The molecule has 1 heterocycles. The van der Waals surface area contributed by atoms with Crippen LogP contribution in [0.1, 0.15) is 40.5 Å². The zero-order valence-corrected chi connectivity index (χ0v) is 17.7. The first kappa shape index (κ1) is 22.8. The van der Waals surface area contributed by atoms with E-state index in [-0.39, 0.29) is 55.4 Å². The van der Waals surface area contributed by atoms with Crippen molar-refractivity contribution in [2.45, 2.75) is 25.9 Å². The van der Waals surface area contributed by atoms with Gasteiger partial charge in [0.25, 0.3) is 17.7 Å². The lowest BCUT2D eigenvalue weighted by Crippen LogP contribution is -2.40. The number of imide groups is 1. The molecule has 3 N–H and O–H groups in total. The lowest BCUT2D eigenvalue weighted by atomic mass is 10.1. The molecule has 0 aliphatic carbocycles. The molecule has 0 aromatic heterocycles. The second-order valence-corrected chi connectivity index (χ2v) is 7.31. The molecule has 1 aliphatic heterocycles. The summed E-state index contributed by atoms with van der Waals surface area (Å²) in [5.41, 5.74) is 0.780. The number of nitrogens with one attached hydrogen (secondary N) is 2. The summed E-state index contributed by atoms with van der Waals surface area (Å²) in [5.74, 6) is -0.678. The largest absolute Gasteiger partial charge is 0.508 e. The summed E-state index contributed by atoms with van der Waals surface area (Å²) in [6.07, 6.45) is -0.238. The zero-order valence-electron chi connectivity index (χ0n) is 17.7. The molecule has 0 radical (unpaired) electrons. The number of benzene rings is 2. The van der Waals surface area contributed by atoms with Crippen molar-refractivity contribution in [2.24, 2.45) is 0 Å². The average molecular weight is 439 g/mol. The van der Waals surface area contributed by atoms with Crippen LogP contribution >= 0.6 is 0 Å². The maximum Gasteiger partial charge on any atom is 0.261 e. The molecule has 0 saturated carbocycles. The van der Waals surface area contributed by atoms with Crippen molar-refractivity contribution >= 4 is 23.6 Å². The van der Waals surface area contributed by atoms with Gasteiger partial charge in [-0.2, -0.15) is 0 Å². The molecule has 1 unspecified atom stereocenters. The molecule has 32 heavy (non-hydrogen) atoms. The van der Waals surface area contributed by atoms with Crippen LogP contribution in [0, 0.1) is 0 Å². The van der Waals surface area contributed by atoms with Crippen LogP contribution in [0.2, 0.25) is 0 Å². The molecule has 168 valence electrons. The minimum Gasteiger partial charge on any atom is -0.508 e. The maximum atomic E-state index is 12.3. The number of fused-ring (bicyclic) bond motifs is 1. The molecule has 0 fully saturated rings. The third kappa shape index (κ3) is 5.63. The van der Waals surface area contributed by atoms with Gasteiger partial charge in [0.1, 0.15) is 11.5 Å². The van der Waals surface area contributed by atoms with Crippen molar-refractivity contribution in [3.63, 3.8) is 0 Å². The van der Waals surface area contributed by atoms with E-state index in [1.165, 1.54) is 12.1 Å². The Morgan fingerprint density at radius 1 is 0.969 bits per heavy atom. The van der Waals surface area contributed by atoms with E-state index >= 15 is 0 Å². The minimum atomic E-state index is -0.741. The summed E-state index contributed by atoms with van der Waals surface area (Å²) in [4.78, 5) is 49.8. The van der Waals surface area contributed by atoms with E-state index in [0.29, 0.717) is 23.3 Å². The van der Waals surface area contributed by atoms with Gasteiger partial charge < -0.3 is 20.5 Å². The predicted octanol–water partition coefficient (Wildman–Crippen LogP) is 1.47. The summed E-state index contributed by atoms with van der Waals surface area (Å²) in [6.45, 7) is 2.23.